The molecule has 0 aromatic heterocycles. The molecule has 0 fully saturated rings. The highest BCUT2D eigenvalue weighted by Crippen LogP contribution is 2.15. The minimum atomic E-state index is -0.536. The first-order chi connectivity index (χ1) is 9.92. The van der Waals surface area contributed by atoms with E-state index in [1.165, 1.54) is 4.90 Å². The van der Waals surface area contributed by atoms with Crippen LogP contribution in [-0.4, -0.2) is 48.4 Å². The summed E-state index contributed by atoms with van der Waals surface area (Å²) in [5.74, 6) is 0.813. The zero-order chi connectivity index (χ0) is 15.8. The smallest absolute Gasteiger partial charge is 0.317 e. The molecule has 118 valence electrons. The van der Waals surface area contributed by atoms with E-state index in [1.807, 2.05) is 38.1 Å². The molecule has 5 heteroatoms. The molecule has 5 nitrogen and oxygen atoms in total. The van der Waals surface area contributed by atoms with E-state index in [0.717, 1.165) is 17.7 Å². The van der Waals surface area contributed by atoms with E-state index in [-0.39, 0.29) is 12.1 Å². The molecule has 0 aliphatic carbocycles. The Labute approximate surface area is 126 Å². The standard InChI is InChI=1S/C16H26N2O3/c1-5-14(21-15-8-6-7-12(2)9-15)10-17-16(20)18(4)11-13(3)19/h6-9,13-14,19H,5,10-11H2,1-4H3,(H,17,20). The number of carbonyl (C=O) groups excluding carboxylic acids is 1. The number of benzene rings is 1. The molecular weight excluding hydrogens is 268 g/mol. The summed E-state index contributed by atoms with van der Waals surface area (Å²) >= 11 is 0. The molecule has 1 aromatic carbocycles. The second kappa shape index (κ2) is 8.52. The van der Waals surface area contributed by atoms with Crippen LogP contribution in [0, 0.1) is 6.92 Å². The fraction of sp³-hybridized carbons (Fsp3) is 0.562. The third-order valence-corrected chi connectivity index (χ3v) is 3.11. The van der Waals surface area contributed by atoms with Crippen molar-refractivity contribution in [1.29, 1.82) is 0 Å². The SMILES string of the molecule is CCC(CNC(=O)N(C)CC(C)O)Oc1cccc(C)c1. The van der Waals surface area contributed by atoms with E-state index in [1.54, 1.807) is 14.0 Å². The number of nitrogens with zero attached hydrogens (tertiary/aromatic N) is 1. The maximum absolute atomic E-state index is 11.9. The summed E-state index contributed by atoms with van der Waals surface area (Å²) in [6.07, 6.45) is 0.191. The van der Waals surface area contributed by atoms with Crippen molar-refractivity contribution < 1.29 is 14.6 Å². The zero-order valence-electron chi connectivity index (χ0n) is 13.3. The number of ether oxygens (including phenoxy) is 1. The Kier molecular flexibility index (Phi) is 7.02. The van der Waals surface area contributed by atoms with Gasteiger partial charge in [-0.3, -0.25) is 0 Å². The molecule has 2 unspecified atom stereocenters. The Morgan fingerprint density at radius 2 is 2.19 bits per heavy atom. The number of aliphatic hydroxyl groups excluding tert-OH is 1. The molecule has 0 radical (unpaired) electrons. The third kappa shape index (κ3) is 6.49. The highest BCUT2D eigenvalue weighted by atomic mass is 16.5. The Balaban J connectivity index is 2.45. The Morgan fingerprint density at radius 1 is 1.48 bits per heavy atom. The first kappa shape index (κ1) is 17.3. The van der Waals surface area contributed by atoms with Crippen molar-refractivity contribution >= 4 is 6.03 Å². The van der Waals surface area contributed by atoms with E-state index < -0.39 is 6.10 Å². The number of urea groups is 1. The summed E-state index contributed by atoms with van der Waals surface area (Å²) < 4.78 is 5.87. The van der Waals surface area contributed by atoms with Crippen LogP contribution in [0.4, 0.5) is 4.79 Å². The number of hydrogen-bond acceptors (Lipinski definition) is 3. The molecule has 2 N–H and O–H groups in total. The molecule has 0 heterocycles. The molecule has 0 saturated carbocycles. The van der Waals surface area contributed by atoms with Crippen LogP contribution in [-0.2, 0) is 0 Å². The van der Waals surface area contributed by atoms with Gasteiger partial charge in [0, 0.05) is 13.6 Å². The van der Waals surface area contributed by atoms with Crippen molar-refractivity contribution in [3.63, 3.8) is 0 Å². The molecule has 21 heavy (non-hydrogen) atoms. The second-order valence-electron chi connectivity index (χ2n) is 5.38. The Hall–Kier alpha value is -1.75. The monoisotopic (exact) mass is 294 g/mol. The highest BCUT2D eigenvalue weighted by molar-refractivity contribution is 5.73. The Bertz CT molecular complexity index is 449. The van der Waals surface area contributed by atoms with Crippen LogP contribution >= 0.6 is 0 Å². The van der Waals surface area contributed by atoms with Gasteiger partial charge < -0.3 is 20.1 Å². The lowest BCUT2D eigenvalue weighted by molar-refractivity contribution is 0.139. The van der Waals surface area contributed by atoms with Gasteiger partial charge in [0.2, 0.25) is 0 Å². The number of likely N-dealkylation sites (N-methyl/N-ethyl adjacent to an activating group) is 1. The lowest BCUT2D eigenvalue weighted by Crippen LogP contribution is -2.44. The molecule has 0 bridgehead atoms. The van der Waals surface area contributed by atoms with Crippen molar-refractivity contribution in [2.75, 3.05) is 20.1 Å². The van der Waals surface area contributed by atoms with Crippen LogP contribution in [0.15, 0.2) is 24.3 Å². The summed E-state index contributed by atoms with van der Waals surface area (Å²) in [6, 6.07) is 7.65. The molecule has 1 rings (SSSR count). The largest absolute Gasteiger partial charge is 0.489 e. The molecular formula is C16H26N2O3. The normalized spacial score (nSPS) is 13.4. The number of carbonyl (C=O) groups is 1. The van der Waals surface area contributed by atoms with Gasteiger partial charge in [-0.2, -0.15) is 0 Å². The number of aliphatic hydroxyl groups is 1. The van der Waals surface area contributed by atoms with Crippen LogP contribution in [0.2, 0.25) is 0 Å². The van der Waals surface area contributed by atoms with Crippen molar-refractivity contribution in [1.82, 2.24) is 10.2 Å². The second-order valence-corrected chi connectivity index (χ2v) is 5.38. The summed E-state index contributed by atoms with van der Waals surface area (Å²) in [5.41, 5.74) is 1.14. The number of amides is 2. The van der Waals surface area contributed by atoms with Gasteiger partial charge in [-0.05, 0) is 38.0 Å². The maximum Gasteiger partial charge on any atom is 0.317 e. The van der Waals surface area contributed by atoms with Gasteiger partial charge in [-0.15, -0.1) is 0 Å². The Morgan fingerprint density at radius 3 is 2.76 bits per heavy atom. The van der Waals surface area contributed by atoms with E-state index in [4.69, 9.17) is 4.74 Å². The van der Waals surface area contributed by atoms with E-state index >= 15 is 0 Å². The maximum atomic E-state index is 11.9. The van der Waals surface area contributed by atoms with E-state index in [9.17, 15) is 9.90 Å². The topological polar surface area (TPSA) is 61.8 Å². The fourth-order valence-corrected chi connectivity index (χ4v) is 1.97. The molecule has 0 saturated heterocycles. The van der Waals surface area contributed by atoms with Crippen molar-refractivity contribution in [3.8, 4) is 5.75 Å². The van der Waals surface area contributed by atoms with Crippen LogP contribution in [0.25, 0.3) is 0 Å². The predicted octanol–water partition coefficient (Wildman–Crippen LogP) is 2.17. The van der Waals surface area contributed by atoms with Gasteiger partial charge in [0.15, 0.2) is 0 Å². The highest BCUT2D eigenvalue weighted by Gasteiger charge is 2.14. The first-order valence-electron chi connectivity index (χ1n) is 7.32. The number of aryl methyl sites for hydroxylation is 1. The molecule has 0 aliphatic rings. The quantitative estimate of drug-likeness (QED) is 0.810. The van der Waals surface area contributed by atoms with Crippen LogP contribution in [0.5, 0.6) is 5.75 Å². The summed E-state index contributed by atoms with van der Waals surface area (Å²) in [7, 11) is 1.66. The molecule has 1 aromatic rings. The van der Waals surface area contributed by atoms with E-state index in [0.29, 0.717) is 13.1 Å². The molecule has 0 aliphatic heterocycles. The number of nitrogens with one attached hydrogen (secondary N) is 1. The average Bonchev–Trinajstić information content (AvgIpc) is 2.42. The van der Waals surface area contributed by atoms with Gasteiger partial charge in [0.1, 0.15) is 11.9 Å². The molecule has 2 atom stereocenters. The average molecular weight is 294 g/mol. The summed E-state index contributed by atoms with van der Waals surface area (Å²) in [4.78, 5) is 13.3. The minimum Gasteiger partial charge on any atom is -0.489 e. The number of hydrogen-bond donors (Lipinski definition) is 2. The lowest BCUT2D eigenvalue weighted by Gasteiger charge is -2.22. The van der Waals surface area contributed by atoms with Gasteiger partial charge >= 0.3 is 6.03 Å². The third-order valence-electron chi connectivity index (χ3n) is 3.11. The van der Waals surface area contributed by atoms with Crippen molar-refractivity contribution in [3.05, 3.63) is 29.8 Å². The summed E-state index contributed by atoms with van der Waals surface area (Å²) in [6.45, 7) is 6.43. The first-order valence-corrected chi connectivity index (χ1v) is 7.32. The van der Waals surface area contributed by atoms with Gasteiger partial charge in [0.25, 0.3) is 0 Å². The molecule has 0 spiro atoms. The van der Waals surface area contributed by atoms with Gasteiger partial charge in [-0.25, -0.2) is 4.79 Å². The van der Waals surface area contributed by atoms with Crippen molar-refractivity contribution in [2.24, 2.45) is 0 Å². The zero-order valence-corrected chi connectivity index (χ0v) is 13.3. The minimum absolute atomic E-state index is 0.0734. The van der Waals surface area contributed by atoms with Crippen LogP contribution < -0.4 is 10.1 Å². The van der Waals surface area contributed by atoms with Crippen molar-refractivity contribution in [2.45, 2.75) is 39.4 Å². The van der Waals surface area contributed by atoms with Gasteiger partial charge in [0.05, 0.1) is 12.6 Å². The summed E-state index contributed by atoms with van der Waals surface area (Å²) in [5, 5.41) is 12.1. The van der Waals surface area contributed by atoms with E-state index in [2.05, 4.69) is 5.32 Å². The fourth-order valence-electron chi connectivity index (χ4n) is 1.97. The number of rotatable bonds is 7. The van der Waals surface area contributed by atoms with Gasteiger partial charge in [-0.1, -0.05) is 19.1 Å². The molecule has 2 amide bonds. The lowest BCUT2D eigenvalue weighted by atomic mass is 10.2. The predicted molar refractivity (Wildman–Crippen MR) is 83.6 cm³/mol. The van der Waals surface area contributed by atoms with Crippen LogP contribution in [0.1, 0.15) is 25.8 Å². The van der Waals surface area contributed by atoms with Crippen LogP contribution in [0.3, 0.4) is 0 Å².